The summed E-state index contributed by atoms with van der Waals surface area (Å²) in [6.07, 6.45) is 4.91. The maximum atomic E-state index is 10.5. The molecule has 1 fully saturated rings. The molecule has 1 aromatic heterocycles. The number of H-pyrrole nitrogens is 1. The van der Waals surface area contributed by atoms with Crippen molar-refractivity contribution in [3.63, 3.8) is 0 Å². The Balaban J connectivity index is 1.59. The molecule has 1 unspecified atom stereocenters. The van der Waals surface area contributed by atoms with E-state index in [-0.39, 0.29) is 0 Å². The fourth-order valence-electron chi connectivity index (χ4n) is 3.38. The Kier molecular flexibility index (Phi) is 6.48. The fourth-order valence-corrected chi connectivity index (χ4v) is 4.67. The first-order valence-corrected chi connectivity index (χ1v) is 10.7. The summed E-state index contributed by atoms with van der Waals surface area (Å²) in [6, 6.07) is 6.51. The number of thioether (sulfide) groups is 1. The van der Waals surface area contributed by atoms with Crippen molar-refractivity contribution in [3.8, 4) is 0 Å². The van der Waals surface area contributed by atoms with Gasteiger partial charge < -0.3 is 20.7 Å². The van der Waals surface area contributed by atoms with Gasteiger partial charge in [0.25, 0.3) is 0 Å². The maximum Gasteiger partial charge on any atom is 0.191 e. The van der Waals surface area contributed by atoms with Crippen LogP contribution in [-0.2, 0) is 12.8 Å². The zero-order valence-corrected chi connectivity index (χ0v) is 16.6. The normalized spacial score (nSPS) is 20.7. The van der Waals surface area contributed by atoms with E-state index in [0.717, 1.165) is 49.8 Å². The van der Waals surface area contributed by atoms with E-state index in [2.05, 4.69) is 58.9 Å². The Morgan fingerprint density at radius 3 is 2.92 bits per heavy atom. The van der Waals surface area contributed by atoms with Crippen molar-refractivity contribution < 1.29 is 5.11 Å². The molecule has 1 aliphatic heterocycles. The second-order valence-corrected chi connectivity index (χ2v) is 8.01. The number of benzene rings is 1. The average molecular weight is 375 g/mol. The van der Waals surface area contributed by atoms with E-state index in [9.17, 15) is 5.11 Å². The van der Waals surface area contributed by atoms with E-state index in [0.29, 0.717) is 6.54 Å². The molecule has 1 aromatic carbocycles. The second kappa shape index (κ2) is 8.82. The smallest absolute Gasteiger partial charge is 0.191 e. The molecule has 0 spiro atoms. The lowest BCUT2D eigenvalue weighted by molar-refractivity contribution is 0.0778. The first kappa shape index (κ1) is 19.1. The summed E-state index contributed by atoms with van der Waals surface area (Å²) in [5.41, 5.74) is 3.30. The summed E-state index contributed by atoms with van der Waals surface area (Å²) in [5, 5.41) is 18.4. The van der Waals surface area contributed by atoms with Gasteiger partial charge in [0.05, 0.1) is 12.1 Å². The van der Waals surface area contributed by atoms with E-state index in [1.54, 1.807) is 11.8 Å². The summed E-state index contributed by atoms with van der Waals surface area (Å²) >= 11 is 1.80. The van der Waals surface area contributed by atoms with Crippen LogP contribution < -0.4 is 10.6 Å². The maximum absolute atomic E-state index is 10.5. The number of para-hydroxylation sites is 1. The van der Waals surface area contributed by atoms with Crippen LogP contribution in [0.3, 0.4) is 0 Å². The van der Waals surface area contributed by atoms with Crippen molar-refractivity contribution in [2.24, 2.45) is 4.99 Å². The topological polar surface area (TPSA) is 72.4 Å². The quantitative estimate of drug-likeness (QED) is 0.444. The first-order chi connectivity index (χ1) is 12.6. The van der Waals surface area contributed by atoms with Crippen LogP contribution in [0.4, 0.5) is 0 Å². The number of aryl methyl sites for hydroxylation is 1. The molecule has 5 nitrogen and oxygen atoms in total. The lowest BCUT2D eigenvalue weighted by atomic mass is 10.0. The largest absolute Gasteiger partial charge is 0.387 e. The molecule has 142 valence electrons. The number of aliphatic imine (C=N–C) groups is 1. The zero-order chi connectivity index (χ0) is 18.4. The molecule has 2 heterocycles. The number of nitrogens with zero attached hydrogens (tertiary/aromatic N) is 1. The van der Waals surface area contributed by atoms with Gasteiger partial charge in [-0.25, -0.2) is 0 Å². The van der Waals surface area contributed by atoms with Crippen LogP contribution in [0.2, 0.25) is 0 Å². The van der Waals surface area contributed by atoms with Gasteiger partial charge in [-0.2, -0.15) is 11.8 Å². The van der Waals surface area contributed by atoms with E-state index in [1.807, 2.05) is 0 Å². The molecule has 26 heavy (non-hydrogen) atoms. The molecule has 2 aromatic rings. The molecule has 0 radical (unpaired) electrons. The number of aliphatic hydroxyl groups is 1. The van der Waals surface area contributed by atoms with Crippen LogP contribution in [0.15, 0.2) is 29.4 Å². The third-order valence-electron chi connectivity index (χ3n) is 4.91. The van der Waals surface area contributed by atoms with Gasteiger partial charge >= 0.3 is 0 Å². The first-order valence-electron chi connectivity index (χ1n) is 9.55. The fraction of sp³-hybridized carbons (Fsp3) is 0.550. The van der Waals surface area contributed by atoms with Gasteiger partial charge in [-0.15, -0.1) is 0 Å². The molecule has 1 atom stereocenters. The van der Waals surface area contributed by atoms with Crippen molar-refractivity contribution in [1.82, 2.24) is 15.6 Å². The van der Waals surface area contributed by atoms with Crippen LogP contribution in [0.5, 0.6) is 0 Å². The Morgan fingerprint density at radius 1 is 1.31 bits per heavy atom. The molecular formula is C20H30N4OS. The standard InChI is InChI=1S/C20H30N4OS/c1-3-15-6-5-7-17-16(12-23-18(15)17)8-10-22-19(21-4-2)24-13-20(25)9-11-26-14-20/h5-7,12,23,25H,3-4,8-11,13-14H2,1-2H3,(H2,21,22,24). The van der Waals surface area contributed by atoms with Crippen LogP contribution in [-0.4, -0.2) is 52.8 Å². The van der Waals surface area contributed by atoms with E-state index >= 15 is 0 Å². The number of nitrogens with one attached hydrogen (secondary N) is 3. The lowest BCUT2D eigenvalue weighted by Crippen LogP contribution is -2.40. The second-order valence-electron chi connectivity index (χ2n) is 6.91. The molecule has 0 bridgehead atoms. The molecule has 0 aliphatic carbocycles. The van der Waals surface area contributed by atoms with Gasteiger partial charge in [0.15, 0.2) is 5.96 Å². The number of rotatable bonds is 7. The molecule has 6 heteroatoms. The number of aromatic amines is 1. The monoisotopic (exact) mass is 374 g/mol. The Labute approximate surface area is 160 Å². The third kappa shape index (κ3) is 4.54. The minimum atomic E-state index is -0.638. The highest BCUT2D eigenvalue weighted by Crippen LogP contribution is 2.27. The third-order valence-corrected chi connectivity index (χ3v) is 6.15. The molecule has 0 saturated carbocycles. The summed E-state index contributed by atoms with van der Waals surface area (Å²) < 4.78 is 0. The zero-order valence-electron chi connectivity index (χ0n) is 15.8. The van der Waals surface area contributed by atoms with Crippen molar-refractivity contribution in [2.45, 2.75) is 38.7 Å². The summed E-state index contributed by atoms with van der Waals surface area (Å²) in [4.78, 5) is 8.03. The number of guanidine groups is 1. The summed E-state index contributed by atoms with van der Waals surface area (Å²) in [5.74, 6) is 2.59. The number of aromatic nitrogens is 1. The summed E-state index contributed by atoms with van der Waals surface area (Å²) in [6.45, 7) is 6.33. The van der Waals surface area contributed by atoms with E-state index in [1.165, 1.54) is 22.0 Å². The Hall–Kier alpha value is -1.66. The number of hydrogen-bond donors (Lipinski definition) is 4. The van der Waals surface area contributed by atoms with Crippen molar-refractivity contribution >= 4 is 28.6 Å². The highest BCUT2D eigenvalue weighted by atomic mass is 32.2. The highest BCUT2D eigenvalue weighted by molar-refractivity contribution is 7.99. The van der Waals surface area contributed by atoms with Gasteiger partial charge in [0.2, 0.25) is 0 Å². The lowest BCUT2D eigenvalue weighted by Gasteiger charge is -2.19. The van der Waals surface area contributed by atoms with Crippen molar-refractivity contribution in [2.75, 3.05) is 31.1 Å². The number of hydrogen-bond acceptors (Lipinski definition) is 3. The predicted octanol–water partition coefficient (Wildman–Crippen LogP) is 2.70. The van der Waals surface area contributed by atoms with Gasteiger partial charge in [-0.05, 0) is 43.1 Å². The molecule has 4 N–H and O–H groups in total. The van der Waals surface area contributed by atoms with E-state index in [4.69, 9.17) is 0 Å². The molecule has 1 saturated heterocycles. The van der Waals surface area contributed by atoms with Gasteiger partial charge in [-0.1, -0.05) is 25.1 Å². The molecule has 0 amide bonds. The molecular weight excluding hydrogens is 344 g/mol. The van der Waals surface area contributed by atoms with Crippen molar-refractivity contribution in [1.29, 1.82) is 0 Å². The van der Waals surface area contributed by atoms with Crippen LogP contribution >= 0.6 is 11.8 Å². The highest BCUT2D eigenvalue weighted by Gasteiger charge is 2.31. The van der Waals surface area contributed by atoms with Crippen LogP contribution in [0, 0.1) is 0 Å². The SMILES string of the molecule is CCNC(=NCC1(O)CCSC1)NCCc1c[nH]c2c(CC)cccc12. The van der Waals surface area contributed by atoms with Crippen LogP contribution in [0.25, 0.3) is 10.9 Å². The number of fused-ring (bicyclic) bond motifs is 1. The van der Waals surface area contributed by atoms with E-state index < -0.39 is 5.60 Å². The van der Waals surface area contributed by atoms with Gasteiger partial charge in [0, 0.05) is 35.9 Å². The minimum Gasteiger partial charge on any atom is -0.387 e. The minimum absolute atomic E-state index is 0.461. The van der Waals surface area contributed by atoms with Gasteiger partial charge in [-0.3, -0.25) is 4.99 Å². The van der Waals surface area contributed by atoms with Crippen LogP contribution in [0.1, 0.15) is 31.4 Å². The predicted molar refractivity (Wildman–Crippen MR) is 112 cm³/mol. The Morgan fingerprint density at radius 2 is 2.19 bits per heavy atom. The molecule has 1 aliphatic rings. The molecule has 3 rings (SSSR count). The van der Waals surface area contributed by atoms with Gasteiger partial charge in [0.1, 0.15) is 0 Å². The van der Waals surface area contributed by atoms with Crippen molar-refractivity contribution in [3.05, 3.63) is 35.5 Å². The average Bonchev–Trinajstić information content (AvgIpc) is 3.26. The summed E-state index contributed by atoms with van der Waals surface area (Å²) in [7, 11) is 0. The Bertz CT molecular complexity index is 749.